The van der Waals surface area contributed by atoms with Crippen LogP contribution in [0.5, 0.6) is 0 Å². The number of amides is 1. The smallest absolute Gasteiger partial charge is 0.260 e. The number of hydrogen-bond acceptors (Lipinski definition) is 7. The zero-order chi connectivity index (χ0) is 24.5. The van der Waals surface area contributed by atoms with E-state index in [4.69, 9.17) is 11.6 Å². The van der Waals surface area contributed by atoms with Crippen LogP contribution in [0.25, 0.3) is 33.4 Å². The van der Waals surface area contributed by atoms with Crippen molar-refractivity contribution >= 4 is 34.5 Å². The molecule has 0 aliphatic carbocycles. The summed E-state index contributed by atoms with van der Waals surface area (Å²) in [5, 5.41) is 7.07. The van der Waals surface area contributed by atoms with Gasteiger partial charge in [0.05, 0.1) is 17.6 Å². The normalized spacial score (nSPS) is 15.7. The van der Waals surface area contributed by atoms with Crippen molar-refractivity contribution in [2.24, 2.45) is 0 Å². The molecule has 10 heteroatoms. The predicted octanol–water partition coefficient (Wildman–Crippen LogP) is 3.59. The molecular formula is C25H24ClN7O2. The van der Waals surface area contributed by atoms with Gasteiger partial charge in [-0.2, -0.15) is 4.98 Å². The molecule has 0 saturated carbocycles. The standard InChI is InChI=1S/C25H24ClN7O2/c1-3-33-22-16(12-29-25(32-22)31-20-5-4-8-28-23(20)34)9-18(24(33)35)17-7-6-15(10-19(17)26)21-13-27-11-14(2)30-21/h6-7,9-13,20H,3-5,8H2,1-2H3,(H,28,34)(H,29,31,32)/t20-/m0/s1. The van der Waals surface area contributed by atoms with Gasteiger partial charge in [0.1, 0.15) is 11.7 Å². The summed E-state index contributed by atoms with van der Waals surface area (Å²) in [7, 11) is 0. The summed E-state index contributed by atoms with van der Waals surface area (Å²) in [6.45, 7) is 4.85. The summed E-state index contributed by atoms with van der Waals surface area (Å²) in [5.74, 6) is 0.244. The van der Waals surface area contributed by atoms with Gasteiger partial charge in [0, 0.05) is 52.6 Å². The quantitative estimate of drug-likeness (QED) is 0.440. The molecule has 178 valence electrons. The number of aryl methyl sites for hydroxylation is 2. The van der Waals surface area contributed by atoms with Gasteiger partial charge in [-0.15, -0.1) is 0 Å². The average molecular weight is 490 g/mol. The Balaban J connectivity index is 1.54. The van der Waals surface area contributed by atoms with E-state index in [0.29, 0.717) is 58.3 Å². The van der Waals surface area contributed by atoms with Gasteiger partial charge in [0.15, 0.2) is 0 Å². The van der Waals surface area contributed by atoms with E-state index in [1.165, 1.54) is 0 Å². The van der Waals surface area contributed by atoms with E-state index < -0.39 is 6.04 Å². The van der Waals surface area contributed by atoms with Crippen molar-refractivity contribution < 1.29 is 4.79 Å². The number of halogens is 1. The van der Waals surface area contributed by atoms with Crippen LogP contribution in [0.3, 0.4) is 0 Å². The molecule has 3 aromatic heterocycles. The molecule has 0 spiro atoms. The molecule has 1 aliphatic rings. The monoisotopic (exact) mass is 489 g/mol. The third-order valence-electron chi connectivity index (χ3n) is 6.04. The van der Waals surface area contributed by atoms with E-state index in [2.05, 4.69) is 30.6 Å². The summed E-state index contributed by atoms with van der Waals surface area (Å²) in [4.78, 5) is 43.2. The van der Waals surface area contributed by atoms with Crippen molar-refractivity contribution in [3.8, 4) is 22.4 Å². The lowest BCUT2D eigenvalue weighted by molar-refractivity contribution is -0.123. The number of piperidine rings is 1. The second kappa shape index (κ2) is 9.42. The Kier molecular flexibility index (Phi) is 6.17. The highest BCUT2D eigenvalue weighted by molar-refractivity contribution is 6.33. The maximum atomic E-state index is 13.5. The van der Waals surface area contributed by atoms with Crippen LogP contribution < -0.4 is 16.2 Å². The third-order valence-corrected chi connectivity index (χ3v) is 6.35. The molecular weight excluding hydrogens is 466 g/mol. The highest BCUT2D eigenvalue weighted by Gasteiger charge is 2.23. The molecule has 0 bridgehead atoms. The number of aromatic nitrogens is 5. The Morgan fingerprint density at radius 2 is 2.00 bits per heavy atom. The lowest BCUT2D eigenvalue weighted by atomic mass is 10.0. The van der Waals surface area contributed by atoms with Gasteiger partial charge in [-0.25, -0.2) is 9.97 Å². The minimum atomic E-state index is -0.391. The average Bonchev–Trinajstić information content (AvgIpc) is 2.85. The number of anilines is 1. The Bertz CT molecular complexity index is 1500. The largest absolute Gasteiger partial charge is 0.354 e. The number of rotatable bonds is 5. The molecule has 4 aromatic rings. The third kappa shape index (κ3) is 4.46. The molecule has 35 heavy (non-hydrogen) atoms. The van der Waals surface area contributed by atoms with Crippen molar-refractivity contribution in [3.05, 3.63) is 63.9 Å². The fraction of sp³-hybridized carbons (Fsp3) is 0.280. The van der Waals surface area contributed by atoms with Gasteiger partial charge in [-0.05, 0) is 38.8 Å². The number of carbonyl (C=O) groups is 1. The second-order valence-electron chi connectivity index (χ2n) is 8.45. The Hall–Kier alpha value is -3.85. The van der Waals surface area contributed by atoms with Crippen molar-refractivity contribution in [2.45, 2.75) is 39.3 Å². The van der Waals surface area contributed by atoms with Crippen LogP contribution in [-0.4, -0.2) is 43.0 Å². The maximum Gasteiger partial charge on any atom is 0.260 e. The molecule has 1 fully saturated rings. The SMILES string of the molecule is CCn1c(=O)c(-c2ccc(-c3cncc(C)n3)cc2Cl)cc2cnc(N[C@H]3CCCNC3=O)nc21. The topological polar surface area (TPSA) is 115 Å². The zero-order valence-corrected chi connectivity index (χ0v) is 20.1. The molecule has 0 unspecified atom stereocenters. The first-order valence-corrected chi connectivity index (χ1v) is 11.9. The zero-order valence-electron chi connectivity index (χ0n) is 19.4. The molecule has 4 heterocycles. The Morgan fingerprint density at radius 3 is 2.74 bits per heavy atom. The minimum Gasteiger partial charge on any atom is -0.354 e. The second-order valence-corrected chi connectivity index (χ2v) is 8.86. The van der Waals surface area contributed by atoms with E-state index in [1.54, 1.807) is 35.3 Å². The number of fused-ring (bicyclic) bond motifs is 1. The predicted molar refractivity (Wildman–Crippen MR) is 135 cm³/mol. The molecule has 1 aliphatic heterocycles. The van der Waals surface area contributed by atoms with E-state index in [9.17, 15) is 9.59 Å². The summed E-state index contributed by atoms with van der Waals surface area (Å²) in [6, 6.07) is 6.86. The number of nitrogens with zero attached hydrogens (tertiary/aromatic N) is 5. The van der Waals surface area contributed by atoms with Crippen molar-refractivity contribution in [1.82, 2.24) is 29.8 Å². The number of hydrogen-bond donors (Lipinski definition) is 2. The molecule has 1 amide bonds. The molecule has 1 aromatic carbocycles. The Labute approximate surface area is 206 Å². The van der Waals surface area contributed by atoms with Crippen LogP contribution in [0, 0.1) is 6.92 Å². The first-order valence-electron chi connectivity index (χ1n) is 11.5. The first-order chi connectivity index (χ1) is 16.9. The Morgan fingerprint density at radius 1 is 1.14 bits per heavy atom. The van der Waals surface area contributed by atoms with Crippen LogP contribution >= 0.6 is 11.6 Å². The fourth-order valence-electron chi connectivity index (χ4n) is 4.28. The molecule has 5 rings (SSSR count). The molecule has 2 N–H and O–H groups in total. The van der Waals surface area contributed by atoms with Crippen LogP contribution in [0.1, 0.15) is 25.5 Å². The number of benzene rings is 1. The summed E-state index contributed by atoms with van der Waals surface area (Å²) in [6.07, 6.45) is 6.61. The highest BCUT2D eigenvalue weighted by Crippen LogP contribution is 2.31. The fourth-order valence-corrected chi connectivity index (χ4v) is 4.56. The van der Waals surface area contributed by atoms with E-state index in [-0.39, 0.29) is 11.5 Å². The van der Waals surface area contributed by atoms with E-state index in [0.717, 1.165) is 17.7 Å². The van der Waals surface area contributed by atoms with Crippen molar-refractivity contribution in [3.63, 3.8) is 0 Å². The van der Waals surface area contributed by atoms with Crippen LogP contribution in [0.15, 0.2) is 47.7 Å². The maximum absolute atomic E-state index is 13.5. The highest BCUT2D eigenvalue weighted by atomic mass is 35.5. The van der Waals surface area contributed by atoms with Crippen LogP contribution in [0.4, 0.5) is 5.95 Å². The molecule has 0 radical (unpaired) electrons. The van der Waals surface area contributed by atoms with Crippen molar-refractivity contribution in [2.75, 3.05) is 11.9 Å². The van der Waals surface area contributed by atoms with E-state index in [1.807, 2.05) is 26.0 Å². The number of carbonyl (C=O) groups excluding carboxylic acids is 1. The first kappa shape index (κ1) is 22.9. The number of pyridine rings is 1. The van der Waals surface area contributed by atoms with Gasteiger partial charge in [0.25, 0.3) is 5.56 Å². The summed E-state index contributed by atoms with van der Waals surface area (Å²) in [5.41, 5.74) is 3.71. The molecule has 9 nitrogen and oxygen atoms in total. The lowest BCUT2D eigenvalue weighted by Crippen LogP contribution is -2.44. The van der Waals surface area contributed by atoms with Crippen molar-refractivity contribution in [1.29, 1.82) is 0 Å². The van der Waals surface area contributed by atoms with Gasteiger partial charge < -0.3 is 10.6 Å². The molecule has 1 atom stereocenters. The van der Waals surface area contributed by atoms with Gasteiger partial charge in [-0.1, -0.05) is 23.7 Å². The van der Waals surface area contributed by atoms with E-state index >= 15 is 0 Å². The van der Waals surface area contributed by atoms with Gasteiger partial charge >= 0.3 is 0 Å². The van der Waals surface area contributed by atoms with Crippen LogP contribution in [0.2, 0.25) is 5.02 Å². The summed E-state index contributed by atoms with van der Waals surface area (Å²) < 4.78 is 1.59. The van der Waals surface area contributed by atoms with Gasteiger partial charge in [-0.3, -0.25) is 19.1 Å². The van der Waals surface area contributed by atoms with Gasteiger partial charge in [0.2, 0.25) is 11.9 Å². The van der Waals surface area contributed by atoms with Crippen LogP contribution in [-0.2, 0) is 11.3 Å². The lowest BCUT2D eigenvalue weighted by Gasteiger charge is -2.22. The number of nitrogens with one attached hydrogen (secondary N) is 2. The summed E-state index contributed by atoms with van der Waals surface area (Å²) >= 11 is 6.64. The molecule has 1 saturated heterocycles. The minimum absolute atomic E-state index is 0.0714.